The maximum absolute atomic E-state index is 13.0. The van der Waals surface area contributed by atoms with Crippen LogP contribution in [0.1, 0.15) is 42.0 Å². The zero-order valence-electron chi connectivity index (χ0n) is 17.9. The summed E-state index contributed by atoms with van der Waals surface area (Å²) in [5, 5.41) is 7.11. The summed E-state index contributed by atoms with van der Waals surface area (Å²) in [6, 6.07) is 14.0. The number of benzene rings is 2. The molecule has 0 bridgehead atoms. The van der Waals surface area contributed by atoms with Crippen LogP contribution in [0.25, 0.3) is 0 Å². The van der Waals surface area contributed by atoms with E-state index in [0.717, 1.165) is 30.6 Å². The Morgan fingerprint density at radius 2 is 1.94 bits per heavy atom. The molecule has 0 spiro atoms. The van der Waals surface area contributed by atoms with E-state index in [-0.39, 0.29) is 48.6 Å². The third kappa shape index (κ3) is 5.90. The van der Waals surface area contributed by atoms with Gasteiger partial charge in [-0.05, 0) is 49.1 Å². The topological polar surface area (TPSA) is 53.6 Å². The Morgan fingerprint density at radius 1 is 1.19 bits per heavy atom. The highest BCUT2D eigenvalue weighted by Gasteiger charge is 2.27. The molecule has 1 unspecified atom stereocenters. The summed E-state index contributed by atoms with van der Waals surface area (Å²) in [4.78, 5) is 13.7. The lowest BCUT2D eigenvalue weighted by Crippen LogP contribution is -2.45. The quantitative estimate of drug-likeness (QED) is 0.623. The van der Waals surface area contributed by atoms with Crippen LogP contribution in [0.2, 0.25) is 0 Å². The second kappa shape index (κ2) is 11.8. The third-order valence-corrected chi connectivity index (χ3v) is 5.99. The summed E-state index contributed by atoms with van der Waals surface area (Å²) in [5.74, 6) is 0.212. The standard InChI is InChI=1S/C23H27F2N3O2.2ClH/c1-28-19-12-17(20(30-23(24)25)13-16(19)9-10-21(28)29)14-27-18-8-5-11-26-22(18)15-6-3-2-4-7-15;;/h2-4,6-7,12-13,18,22-23,26-27H,5,8-11,14H2,1H3;2*1H/t18-,22?;;/m0../s1. The number of anilines is 1. The van der Waals surface area contributed by atoms with Crippen molar-refractivity contribution < 1.29 is 18.3 Å². The van der Waals surface area contributed by atoms with Crippen LogP contribution in [0, 0.1) is 0 Å². The fourth-order valence-electron chi connectivity index (χ4n) is 4.41. The number of alkyl halides is 2. The second-order valence-electron chi connectivity index (χ2n) is 7.89. The molecule has 1 fully saturated rings. The van der Waals surface area contributed by atoms with Gasteiger partial charge in [0.2, 0.25) is 5.91 Å². The lowest BCUT2D eigenvalue weighted by Gasteiger charge is -2.34. The number of fused-ring (bicyclic) bond motifs is 1. The van der Waals surface area contributed by atoms with Gasteiger partial charge in [0.15, 0.2) is 0 Å². The van der Waals surface area contributed by atoms with Gasteiger partial charge < -0.3 is 20.3 Å². The first-order valence-corrected chi connectivity index (χ1v) is 10.4. The van der Waals surface area contributed by atoms with E-state index in [9.17, 15) is 13.6 Å². The summed E-state index contributed by atoms with van der Waals surface area (Å²) in [6.07, 6.45) is 2.94. The monoisotopic (exact) mass is 487 g/mol. The number of aryl methyl sites for hydroxylation is 1. The van der Waals surface area contributed by atoms with Crippen molar-refractivity contribution in [3.05, 3.63) is 59.2 Å². The number of hydrogen-bond acceptors (Lipinski definition) is 4. The van der Waals surface area contributed by atoms with Crippen LogP contribution in [-0.4, -0.2) is 32.2 Å². The molecule has 2 aromatic carbocycles. The molecular weight excluding hydrogens is 459 g/mol. The number of halogens is 4. The van der Waals surface area contributed by atoms with Gasteiger partial charge in [0.05, 0.1) is 0 Å². The van der Waals surface area contributed by atoms with Crippen LogP contribution in [0.3, 0.4) is 0 Å². The van der Waals surface area contributed by atoms with E-state index < -0.39 is 6.61 Å². The lowest BCUT2D eigenvalue weighted by atomic mass is 9.92. The molecule has 2 N–H and O–H groups in total. The molecule has 0 saturated carbocycles. The summed E-state index contributed by atoms with van der Waals surface area (Å²) in [6.45, 7) is -1.56. The lowest BCUT2D eigenvalue weighted by molar-refractivity contribution is -0.118. The Labute approximate surface area is 199 Å². The van der Waals surface area contributed by atoms with Gasteiger partial charge in [0.25, 0.3) is 0 Å². The van der Waals surface area contributed by atoms with Crippen LogP contribution in [-0.2, 0) is 17.8 Å². The van der Waals surface area contributed by atoms with Crippen molar-refractivity contribution >= 4 is 36.4 Å². The minimum atomic E-state index is -2.89. The van der Waals surface area contributed by atoms with E-state index >= 15 is 0 Å². The molecule has 176 valence electrons. The number of carbonyl (C=O) groups is 1. The molecule has 5 nitrogen and oxygen atoms in total. The minimum absolute atomic E-state index is 0. The fourth-order valence-corrected chi connectivity index (χ4v) is 4.41. The van der Waals surface area contributed by atoms with Crippen molar-refractivity contribution in [2.45, 2.75) is 50.9 Å². The summed E-state index contributed by atoms with van der Waals surface area (Å²) in [7, 11) is 1.72. The molecule has 2 aliphatic rings. The highest BCUT2D eigenvalue weighted by molar-refractivity contribution is 5.96. The largest absolute Gasteiger partial charge is 0.434 e. The van der Waals surface area contributed by atoms with Gasteiger partial charge in [-0.25, -0.2) is 0 Å². The van der Waals surface area contributed by atoms with Crippen LogP contribution in [0.4, 0.5) is 14.5 Å². The molecular formula is C23H29Cl2F2N3O2. The Morgan fingerprint density at radius 3 is 2.66 bits per heavy atom. The SMILES string of the molecule is CN1C(=O)CCc2cc(OC(F)F)c(CN[C@H]3CCCNC3c3ccccc3)cc21.Cl.Cl. The predicted molar refractivity (Wildman–Crippen MR) is 126 cm³/mol. The van der Waals surface area contributed by atoms with Gasteiger partial charge in [-0.15, -0.1) is 24.8 Å². The Kier molecular flexibility index (Phi) is 9.70. The zero-order valence-corrected chi connectivity index (χ0v) is 19.5. The van der Waals surface area contributed by atoms with Gasteiger partial charge in [0.1, 0.15) is 5.75 Å². The maximum Gasteiger partial charge on any atom is 0.387 e. The van der Waals surface area contributed by atoms with Crippen molar-refractivity contribution in [2.75, 3.05) is 18.5 Å². The molecule has 0 radical (unpaired) electrons. The normalized spacial score (nSPS) is 20.2. The molecule has 0 aromatic heterocycles. The first-order chi connectivity index (χ1) is 14.5. The highest BCUT2D eigenvalue weighted by atomic mass is 35.5. The number of rotatable bonds is 6. The molecule has 0 aliphatic carbocycles. The number of hydrogen-bond donors (Lipinski definition) is 2. The van der Waals surface area contributed by atoms with Crippen molar-refractivity contribution in [1.82, 2.24) is 10.6 Å². The number of piperidine rings is 1. The summed E-state index contributed by atoms with van der Waals surface area (Å²) < 4.78 is 30.9. The molecule has 2 heterocycles. The Hall–Kier alpha value is -1.93. The predicted octanol–water partition coefficient (Wildman–Crippen LogP) is 4.62. The van der Waals surface area contributed by atoms with E-state index in [1.165, 1.54) is 5.56 Å². The minimum Gasteiger partial charge on any atom is -0.434 e. The second-order valence-corrected chi connectivity index (χ2v) is 7.89. The van der Waals surface area contributed by atoms with Gasteiger partial charge in [-0.2, -0.15) is 8.78 Å². The van der Waals surface area contributed by atoms with Gasteiger partial charge in [0, 0.05) is 43.3 Å². The summed E-state index contributed by atoms with van der Waals surface area (Å²) >= 11 is 0. The molecule has 1 saturated heterocycles. The molecule has 9 heteroatoms. The van der Waals surface area contributed by atoms with Crippen LogP contribution in [0.5, 0.6) is 5.75 Å². The Balaban J connectivity index is 0.00000181. The van der Waals surface area contributed by atoms with Crippen molar-refractivity contribution in [2.24, 2.45) is 0 Å². The maximum atomic E-state index is 13.0. The zero-order chi connectivity index (χ0) is 21.1. The van der Waals surface area contributed by atoms with Crippen LogP contribution in [0.15, 0.2) is 42.5 Å². The molecule has 4 rings (SSSR count). The fraction of sp³-hybridized carbons (Fsp3) is 0.435. The first kappa shape index (κ1) is 26.3. The van der Waals surface area contributed by atoms with E-state index in [1.807, 2.05) is 24.3 Å². The number of carbonyl (C=O) groups excluding carboxylic acids is 1. The van der Waals surface area contributed by atoms with E-state index in [4.69, 9.17) is 4.74 Å². The molecule has 2 aliphatic heterocycles. The molecule has 2 atom stereocenters. The van der Waals surface area contributed by atoms with Crippen LogP contribution >= 0.6 is 24.8 Å². The van der Waals surface area contributed by atoms with Crippen LogP contribution < -0.4 is 20.3 Å². The average Bonchev–Trinajstić information content (AvgIpc) is 2.76. The first-order valence-electron chi connectivity index (χ1n) is 10.4. The third-order valence-electron chi connectivity index (χ3n) is 5.99. The molecule has 32 heavy (non-hydrogen) atoms. The number of nitrogens with zero attached hydrogens (tertiary/aromatic N) is 1. The van der Waals surface area contributed by atoms with E-state index in [1.54, 1.807) is 18.0 Å². The van der Waals surface area contributed by atoms with E-state index in [0.29, 0.717) is 24.9 Å². The summed E-state index contributed by atoms with van der Waals surface area (Å²) in [5.41, 5.74) is 3.46. The van der Waals surface area contributed by atoms with Gasteiger partial charge in [-0.1, -0.05) is 30.3 Å². The van der Waals surface area contributed by atoms with Gasteiger partial charge in [-0.3, -0.25) is 4.79 Å². The average molecular weight is 488 g/mol. The highest BCUT2D eigenvalue weighted by Crippen LogP contribution is 2.34. The van der Waals surface area contributed by atoms with Gasteiger partial charge >= 0.3 is 6.61 Å². The van der Waals surface area contributed by atoms with Crippen molar-refractivity contribution in [3.8, 4) is 5.75 Å². The van der Waals surface area contributed by atoms with Crippen molar-refractivity contribution in [1.29, 1.82) is 0 Å². The Bertz CT molecular complexity index is 902. The smallest absolute Gasteiger partial charge is 0.387 e. The van der Waals surface area contributed by atoms with Crippen molar-refractivity contribution in [3.63, 3.8) is 0 Å². The van der Waals surface area contributed by atoms with E-state index in [2.05, 4.69) is 22.8 Å². The number of nitrogens with one attached hydrogen (secondary N) is 2. The molecule has 1 amide bonds. The number of ether oxygens (including phenoxy) is 1. The number of amides is 1. The molecule has 2 aromatic rings.